The van der Waals surface area contributed by atoms with Gasteiger partial charge in [0.15, 0.2) is 6.29 Å². The Kier molecular flexibility index (Phi) is 6.55. The van der Waals surface area contributed by atoms with E-state index >= 15 is 0 Å². The number of benzene rings is 2. The van der Waals surface area contributed by atoms with Gasteiger partial charge in [-0.05, 0) is 79.3 Å². The Hall–Kier alpha value is -2.80. The minimum absolute atomic E-state index is 0.0625. The number of allylic oxidation sites excluding steroid dienone is 2. The van der Waals surface area contributed by atoms with Crippen molar-refractivity contribution < 1.29 is 23.7 Å². The van der Waals surface area contributed by atoms with Crippen molar-refractivity contribution in [3.8, 4) is 5.75 Å². The zero-order valence-corrected chi connectivity index (χ0v) is 18.2. The molecule has 2 aromatic carbocycles. The highest BCUT2D eigenvalue weighted by Crippen LogP contribution is 2.43. The van der Waals surface area contributed by atoms with E-state index in [-0.39, 0.29) is 17.9 Å². The van der Waals surface area contributed by atoms with E-state index < -0.39 is 17.9 Å². The molecule has 0 aliphatic heterocycles. The van der Waals surface area contributed by atoms with Crippen molar-refractivity contribution in [2.45, 2.75) is 39.1 Å². The Balaban J connectivity index is 1.72. The Bertz CT molecular complexity index is 1190. The fraction of sp³-hybridized carbons (Fsp3) is 0.240. The Labute approximate surface area is 189 Å². The number of hydrogen-bond acceptors (Lipinski definition) is 4. The second-order valence-electron chi connectivity index (χ2n) is 7.75. The van der Waals surface area contributed by atoms with Gasteiger partial charge in [0.1, 0.15) is 24.0 Å². The molecule has 0 atom stereocenters. The van der Waals surface area contributed by atoms with Gasteiger partial charge in [-0.1, -0.05) is 17.7 Å². The van der Waals surface area contributed by atoms with Crippen LogP contribution in [-0.2, 0) is 6.61 Å². The fourth-order valence-electron chi connectivity index (χ4n) is 3.96. The number of hydrogen-bond donors (Lipinski definition) is 2. The first-order valence-electron chi connectivity index (χ1n) is 10.3. The highest BCUT2D eigenvalue weighted by Gasteiger charge is 2.23. The molecule has 32 heavy (non-hydrogen) atoms. The maximum absolute atomic E-state index is 14.0. The van der Waals surface area contributed by atoms with E-state index in [0.29, 0.717) is 22.0 Å². The first-order chi connectivity index (χ1) is 15.3. The van der Waals surface area contributed by atoms with Crippen LogP contribution in [0, 0.1) is 18.6 Å². The summed E-state index contributed by atoms with van der Waals surface area (Å²) >= 11 is 6.27. The third-order valence-electron chi connectivity index (χ3n) is 5.57. The normalized spacial score (nSPS) is 13.8. The van der Waals surface area contributed by atoms with E-state index in [4.69, 9.17) is 16.3 Å². The molecule has 0 bridgehead atoms. The molecule has 1 aliphatic rings. The lowest BCUT2D eigenvalue weighted by molar-refractivity contribution is -0.0463. The molecule has 0 saturated heterocycles. The molecule has 1 aliphatic carbocycles. The van der Waals surface area contributed by atoms with Crippen LogP contribution in [-0.4, -0.2) is 15.2 Å². The first kappa shape index (κ1) is 22.4. The van der Waals surface area contributed by atoms with Gasteiger partial charge in [-0.15, -0.1) is 0 Å². The lowest BCUT2D eigenvalue weighted by Gasteiger charge is -2.16. The highest BCUT2D eigenvalue weighted by molar-refractivity contribution is 6.30. The van der Waals surface area contributed by atoms with Crippen LogP contribution in [0.3, 0.4) is 0 Å². The third kappa shape index (κ3) is 4.67. The van der Waals surface area contributed by atoms with Crippen LogP contribution in [0.4, 0.5) is 8.78 Å². The average molecular weight is 458 g/mol. The summed E-state index contributed by atoms with van der Waals surface area (Å²) in [6.07, 6.45) is 0.778. The van der Waals surface area contributed by atoms with Crippen molar-refractivity contribution in [3.05, 3.63) is 93.3 Å². The van der Waals surface area contributed by atoms with E-state index in [1.807, 2.05) is 12.1 Å². The smallest absolute Gasteiger partial charge is 0.196 e. The van der Waals surface area contributed by atoms with Gasteiger partial charge in [-0.3, -0.25) is 0 Å². The third-order valence-corrected chi connectivity index (χ3v) is 5.81. The summed E-state index contributed by atoms with van der Waals surface area (Å²) in [7, 11) is 0. The number of aromatic nitrogens is 1. The lowest BCUT2D eigenvalue weighted by atomic mass is 9.98. The predicted molar refractivity (Wildman–Crippen MR) is 119 cm³/mol. The number of nitrogens with zero attached hydrogens (tertiary/aromatic N) is 1. The zero-order valence-electron chi connectivity index (χ0n) is 17.4. The number of aliphatic hydroxyl groups is 2. The number of aryl methyl sites for hydroxylation is 1. The fourth-order valence-corrected chi connectivity index (χ4v) is 4.13. The quantitative estimate of drug-likeness (QED) is 0.447. The molecule has 1 heterocycles. The van der Waals surface area contributed by atoms with Gasteiger partial charge in [-0.2, -0.15) is 0 Å². The van der Waals surface area contributed by atoms with E-state index in [1.54, 1.807) is 25.1 Å². The zero-order chi connectivity index (χ0) is 22.8. The van der Waals surface area contributed by atoms with Gasteiger partial charge < -0.3 is 14.9 Å². The van der Waals surface area contributed by atoms with Crippen LogP contribution >= 0.6 is 11.6 Å². The lowest BCUT2D eigenvalue weighted by Crippen LogP contribution is -2.04. The summed E-state index contributed by atoms with van der Waals surface area (Å²) in [4.78, 5) is 4.48. The number of ether oxygens (including phenoxy) is 1. The molecule has 0 radical (unpaired) electrons. The second-order valence-corrected chi connectivity index (χ2v) is 8.18. The number of pyridine rings is 1. The molecule has 3 aromatic rings. The molecule has 1 aromatic heterocycles. The van der Waals surface area contributed by atoms with Gasteiger partial charge in [0.05, 0.1) is 11.4 Å². The second kappa shape index (κ2) is 9.36. The van der Waals surface area contributed by atoms with Crippen molar-refractivity contribution in [2.24, 2.45) is 0 Å². The average Bonchev–Trinajstić information content (AvgIpc) is 3.23. The van der Waals surface area contributed by atoms with Gasteiger partial charge >= 0.3 is 0 Å². The highest BCUT2D eigenvalue weighted by atomic mass is 35.5. The summed E-state index contributed by atoms with van der Waals surface area (Å²) in [5.74, 6) is -0.778. The van der Waals surface area contributed by atoms with E-state index in [1.165, 1.54) is 12.1 Å². The van der Waals surface area contributed by atoms with Crippen molar-refractivity contribution in [1.82, 2.24) is 4.98 Å². The summed E-state index contributed by atoms with van der Waals surface area (Å²) in [6.45, 7) is 1.71. The molecule has 7 heteroatoms. The van der Waals surface area contributed by atoms with E-state index in [0.717, 1.165) is 42.0 Å². The number of aliphatic hydroxyl groups excluding tert-OH is 1. The molecular formula is C25H22ClF2NO3. The molecule has 0 fully saturated rings. The van der Waals surface area contributed by atoms with E-state index in [9.17, 15) is 19.0 Å². The van der Waals surface area contributed by atoms with Crippen molar-refractivity contribution in [3.63, 3.8) is 0 Å². The summed E-state index contributed by atoms with van der Waals surface area (Å²) < 4.78 is 33.2. The molecule has 0 saturated carbocycles. The maximum Gasteiger partial charge on any atom is 0.196 e. The Morgan fingerprint density at radius 1 is 1.03 bits per heavy atom. The SMILES string of the molecule is Cc1ccc(C2=C(c3cc(Cl)ccc3OCc3ccc(F)cc3F)CCC2)nc1C(O)O. The molecule has 166 valence electrons. The first-order valence-corrected chi connectivity index (χ1v) is 10.6. The predicted octanol–water partition coefficient (Wildman–Crippen LogP) is 5.98. The van der Waals surface area contributed by atoms with E-state index in [2.05, 4.69) is 4.98 Å². The molecule has 0 amide bonds. The van der Waals surface area contributed by atoms with Crippen LogP contribution < -0.4 is 4.74 Å². The van der Waals surface area contributed by atoms with Crippen LogP contribution in [0.5, 0.6) is 5.75 Å². The molecule has 0 spiro atoms. The van der Waals surface area contributed by atoms with Crippen molar-refractivity contribution in [1.29, 1.82) is 0 Å². The molecular weight excluding hydrogens is 436 g/mol. The van der Waals surface area contributed by atoms with Crippen molar-refractivity contribution >= 4 is 22.7 Å². The van der Waals surface area contributed by atoms with Gasteiger partial charge in [0.25, 0.3) is 0 Å². The standard InChI is InChI=1S/C25H22ClF2NO3/c1-14-5-9-22(29-24(14)25(30)31)19-4-2-3-18(19)20-11-16(26)7-10-23(20)32-13-15-6-8-17(27)12-21(15)28/h5-12,25,30-31H,2-4,13H2,1H3. The Morgan fingerprint density at radius 3 is 2.56 bits per heavy atom. The van der Waals surface area contributed by atoms with Gasteiger partial charge in [-0.25, -0.2) is 13.8 Å². The molecule has 4 rings (SSSR count). The molecule has 0 unspecified atom stereocenters. The summed E-state index contributed by atoms with van der Waals surface area (Å²) in [6, 6.07) is 12.3. The minimum Gasteiger partial charge on any atom is -0.488 e. The van der Waals surface area contributed by atoms with Crippen LogP contribution in [0.15, 0.2) is 48.5 Å². The topological polar surface area (TPSA) is 62.6 Å². The minimum atomic E-state index is -1.66. The van der Waals surface area contributed by atoms with Gasteiger partial charge in [0.2, 0.25) is 0 Å². The van der Waals surface area contributed by atoms with Gasteiger partial charge in [0, 0.05) is 22.2 Å². The van der Waals surface area contributed by atoms with Crippen molar-refractivity contribution in [2.75, 3.05) is 0 Å². The maximum atomic E-state index is 14.0. The monoisotopic (exact) mass is 457 g/mol. The van der Waals surface area contributed by atoms with Crippen LogP contribution in [0.2, 0.25) is 5.02 Å². The largest absolute Gasteiger partial charge is 0.488 e. The Morgan fingerprint density at radius 2 is 1.81 bits per heavy atom. The molecule has 2 N–H and O–H groups in total. The summed E-state index contributed by atoms with van der Waals surface area (Å²) in [5.41, 5.74) is 4.58. The summed E-state index contributed by atoms with van der Waals surface area (Å²) in [5, 5.41) is 19.8. The number of halogens is 3. The number of rotatable bonds is 6. The van der Waals surface area contributed by atoms with Crippen LogP contribution in [0.25, 0.3) is 11.1 Å². The molecule has 4 nitrogen and oxygen atoms in total. The van der Waals surface area contributed by atoms with Crippen LogP contribution in [0.1, 0.15) is 53.6 Å².